The number of furan rings is 3. The maximum atomic E-state index is 6.80. The van der Waals surface area contributed by atoms with Crippen LogP contribution in [-0.4, -0.2) is 6.71 Å². The van der Waals surface area contributed by atoms with E-state index in [-0.39, 0.29) is 6.71 Å². The molecule has 0 atom stereocenters. The molecule has 0 spiro atoms. The zero-order valence-corrected chi connectivity index (χ0v) is 24.0. The highest BCUT2D eigenvalue weighted by Crippen LogP contribution is 2.48. The van der Waals surface area contributed by atoms with Crippen LogP contribution in [0.25, 0.3) is 66.1 Å². The van der Waals surface area contributed by atoms with Gasteiger partial charge in [-0.25, -0.2) is 0 Å². The summed E-state index contributed by atoms with van der Waals surface area (Å²) in [5.74, 6) is 0. The Morgan fingerprint density at radius 3 is 2.09 bits per heavy atom. The first kappa shape index (κ1) is 23.5. The molecule has 0 saturated carbocycles. The van der Waals surface area contributed by atoms with E-state index in [4.69, 9.17) is 13.3 Å². The number of para-hydroxylation sites is 4. The molecule has 5 heterocycles. The average Bonchev–Trinajstić information content (AvgIpc) is 3.86. The predicted octanol–water partition coefficient (Wildman–Crippen LogP) is 9.03. The summed E-state index contributed by atoms with van der Waals surface area (Å²) in [6.07, 6.45) is 1.89. The van der Waals surface area contributed by atoms with E-state index >= 15 is 0 Å². The number of hydrogen-bond acceptors (Lipinski definition) is 4. The van der Waals surface area contributed by atoms with Crippen LogP contribution < -0.4 is 21.5 Å². The van der Waals surface area contributed by atoms with Gasteiger partial charge in [-0.1, -0.05) is 90.4 Å². The molecule has 0 saturated heterocycles. The number of hydrogen-bond donors (Lipinski definition) is 0. The van der Waals surface area contributed by atoms with Crippen LogP contribution in [-0.2, 0) is 0 Å². The maximum Gasteiger partial charge on any atom is 0.294 e. The summed E-state index contributed by atoms with van der Waals surface area (Å²) in [7, 11) is 0. The van der Waals surface area contributed by atoms with Crippen molar-refractivity contribution in [2.75, 3.05) is 4.90 Å². The van der Waals surface area contributed by atoms with Crippen molar-refractivity contribution < 1.29 is 13.3 Å². The molecule has 45 heavy (non-hydrogen) atoms. The van der Waals surface area contributed by atoms with Crippen LogP contribution in [0.3, 0.4) is 0 Å². The van der Waals surface area contributed by atoms with Gasteiger partial charge in [0, 0.05) is 32.8 Å². The third-order valence-electron chi connectivity index (χ3n) is 9.75. The first-order valence-corrected chi connectivity index (χ1v) is 15.3. The maximum absolute atomic E-state index is 6.80. The van der Waals surface area contributed by atoms with Crippen LogP contribution in [0.4, 0.5) is 17.1 Å². The SMILES string of the molecule is c1ccc2c(c1)B1c3oc4ccccc4c3N(c3coc4ccccc34)c3cc(-c4cccc5c4oc4ccccc45)cc-2c31. The van der Waals surface area contributed by atoms with Gasteiger partial charge in [-0.3, -0.25) is 0 Å². The molecule has 0 amide bonds. The van der Waals surface area contributed by atoms with E-state index in [1.165, 1.54) is 22.1 Å². The highest BCUT2D eigenvalue weighted by atomic mass is 16.3. The monoisotopic (exact) mass is 575 g/mol. The molecule has 3 aromatic heterocycles. The molecule has 0 unspecified atom stereocenters. The molecule has 208 valence electrons. The highest BCUT2D eigenvalue weighted by molar-refractivity contribution is 7.01. The van der Waals surface area contributed by atoms with Gasteiger partial charge in [0.2, 0.25) is 0 Å². The van der Waals surface area contributed by atoms with Crippen molar-refractivity contribution in [1.29, 1.82) is 0 Å². The molecule has 0 fully saturated rings. The lowest BCUT2D eigenvalue weighted by molar-refractivity contribution is 0.616. The number of nitrogens with zero attached hydrogens (tertiary/aromatic N) is 1. The van der Waals surface area contributed by atoms with Crippen LogP contribution in [0.15, 0.2) is 147 Å². The summed E-state index contributed by atoms with van der Waals surface area (Å²) < 4.78 is 19.5. The van der Waals surface area contributed by atoms with Crippen molar-refractivity contribution in [2.24, 2.45) is 0 Å². The number of rotatable bonds is 2. The lowest BCUT2D eigenvalue weighted by Gasteiger charge is -2.33. The third kappa shape index (κ3) is 2.97. The minimum atomic E-state index is -0.0148. The largest absolute Gasteiger partial charge is 0.468 e. The van der Waals surface area contributed by atoms with Gasteiger partial charge in [-0.05, 0) is 64.6 Å². The lowest BCUT2D eigenvalue weighted by Crippen LogP contribution is -2.54. The zero-order chi connectivity index (χ0) is 29.2. The molecular formula is C40H22BNO3. The van der Waals surface area contributed by atoms with Crippen molar-refractivity contribution in [3.63, 3.8) is 0 Å². The summed E-state index contributed by atoms with van der Waals surface area (Å²) in [6, 6.07) is 44.8. The second kappa shape index (κ2) is 8.37. The van der Waals surface area contributed by atoms with Gasteiger partial charge in [0.15, 0.2) is 0 Å². The average molecular weight is 575 g/mol. The van der Waals surface area contributed by atoms with Gasteiger partial charge in [0.25, 0.3) is 6.71 Å². The summed E-state index contributed by atoms with van der Waals surface area (Å²) in [5, 5.41) is 4.39. The minimum Gasteiger partial charge on any atom is -0.468 e. The van der Waals surface area contributed by atoms with Crippen molar-refractivity contribution in [2.45, 2.75) is 0 Å². The molecule has 0 radical (unpaired) electrons. The van der Waals surface area contributed by atoms with Crippen LogP contribution in [0.1, 0.15) is 0 Å². The molecule has 4 nitrogen and oxygen atoms in total. The molecule has 9 aromatic rings. The van der Waals surface area contributed by atoms with Gasteiger partial charge in [0.1, 0.15) is 28.6 Å². The molecule has 0 N–H and O–H groups in total. The number of anilines is 3. The van der Waals surface area contributed by atoms with E-state index in [1.54, 1.807) is 0 Å². The normalized spacial score (nSPS) is 13.2. The summed E-state index contributed by atoms with van der Waals surface area (Å²) >= 11 is 0. The summed E-state index contributed by atoms with van der Waals surface area (Å²) in [5.41, 5.74) is 14.9. The molecule has 2 aliphatic rings. The van der Waals surface area contributed by atoms with Crippen LogP contribution >= 0.6 is 0 Å². The molecule has 5 heteroatoms. The Morgan fingerprint density at radius 2 is 1.20 bits per heavy atom. The molecule has 0 aliphatic carbocycles. The zero-order valence-electron chi connectivity index (χ0n) is 24.0. The van der Waals surface area contributed by atoms with Crippen molar-refractivity contribution in [3.8, 4) is 22.3 Å². The molecular weight excluding hydrogens is 553 g/mol. The Kier molecular flexibility index (Phi) is 4.37. The van der Waals surface area contributed by atoms with E-state index in [9.17, 15) is 0 Å². The lowest BCUT2D eigenvalue weighted by atomic mass is 9.39. The van der Waals surface area contributed by atoms with Crippen LogP contribution in [0.5, 0.6) is 0 Å². The Balaban J connectivity index is 1.29. The number of fused-ring (bicyclic) bond motifs is 11. The summed E-state index contributed by atoms with van der Waals surface area (Å²) in [4.78, 5) is 2.37. The van der Waals surface area contributed by atoms with Crippen molar-refractivity contribution in [1.82, 2.24) is 0 Å². The van der Waals surface area contributed by atoms with E-state index in [0.29, 0.717) is 0 Å². The standard InChI is InChI=1S/C40H22BNO3/c1-5-16-31-25(10-1)30-20-23(24-14-9-15-27-26-11-2-7-18-35(26)44-39(24)27)21-32-37(30)41(31)40-38(29-13-4-8-19-36(29)45-40)42(32)33-22-43-34-17-6-3-12-28(33)34/h1-22H. The van der Waals surface area contributed by atoms with E-state index in [0.717, 1.165) is 77.7 Å². The smallest absolute Gasteiger partial charge is 0.294 e. The molecule has 11 rings (SSSR count). The minimum absolute atomic E-state index is 0.0148. The van der Waals surface area contributed by atoms with Crippen molar-refractivity contribution >= 4 is 84.2 Å². The van der Waals surface area contributed by atoms with Gasteiger partial charge in [-0.15, -0.1) is 0 Å². The predicted molar refractivity (Wildman–Crippen MR) is 183 cm³/mol. The Bertz CT molecular complexity index is 2690. The Hall–Kier alpha value is -5.94. The summed E-state index contributed by atoms with van der Waals surface area (Å²) in [6.45, 7) is -0.0148. The van der Waals surface area contributed by atoms with Crippen LogP contribution in [0.2, 0.25) is 0 Å². The fourth-order valence-corrected chi connectivity index (χ4v) is 7.89. The fourth-order valence-electron chi connectivity index (χ4n) is 7.89. The van der Waals surface area contributed by atoms with Gasteiger partial charge < -0.3 is 18.2 Å². The van der Waals surface area contributed by atoms with E-state index < -0.39 is 0 Å². The Labute approximate surface area is 257 Å². The van der Waals surface area contributed by atoms with Crippen molar-refractivity contribution in [3.05, 3.63) is 134 Å². The fraction of sp³-hybridized carbons (Fsp3) is 0. The molecule has 0 bridgehead atoms. The second-order valence-electron chi connectivity index (χ2n) is 12.0. The first-order valence-electron chi connectivity index (χ1n) is 15.3. The highest BCUT2D eigenvalue weighted by Gasteiger charge is 2.46. The van der Waals surface area contributed by atoms with Gasteiger partial charge in [-0.2, -0.15) is 0 Å². The second-order valence-corrected chi connectivity index (χ2v) is 12.0. The molecule has 2 aliphatic heterocycles. The van der Waals surface area contributed by atoms with Gasteiger partial charge in [0.05, 0.1) is 17.0 Å². The van der Waals surface area contributed by atoms with Gasteiger partial charge >= 0.3 is 0 Å². The quantitative estimate of drug-likeness (QED) is 0.193. The first-order chi connectivity index (χ1) is 22.3. The van der Waals surface area contributed by atoms with E-state index in [2.05, 4.69) is 102 Å². The Morgan fingerprint density at radius 1 is 0.511 bits per heavy atom. The van der Waals surface area contributed by atoms with E-state index in [1.807, 2.05) is 36.6 Å². The van der Waals surface area contributed by atoms with Crippen LogP contribution in [0, 0.1) is 0 Å². The topological polar surface area (TPSA) is 42.7 Å². The third-order valence-corrected chi connectivity index (χ3v) is 9.75. The molecule has 6 aromatic carbocycles. The number of benzene rings is 6.